The molecule has 1 fully saturated rings. The molecule has 2 aromatic heterocycles. The van der Waals surface area contributed by atoms with Gasteiger partial charge in [-0.25, -0.2) is 0 Å². The molecule has 1 unspecified atom stereocenters. The number of hydrogen-bond donors (Lipinski definition) is 0. The summed E-state index contributed by atoms with van der Waals surface area (Å²) >= 11 is 0. The highest BCUT2D eigenvalue weighted by Crippen LogP contribution is 2.33. The van der Waals surface area contributed by atoms with Crippen molar-refractivity contribution < 1.29 is 18.0 Å². The minimum atomic E-state index is -4.56. The summed E-state index contributed by atoms with van der Waals surface area (Å²) in [5.74, 6) is 0.0619. The van der Waals surface area contributed by atoms with Gasteiger partial charge in [-0.1, -0.05) is 18.2 Å². The van der Waals surface area contributed by atoms with Gasteiger partial charge in [0.1, 0.15) is 5.82 Å². The van der Waals surface area contributed by atoms with Crippen molar-refractivity contribution in [2.75, 3.05) is 13.1 Å². The van der Waals surface area contributed by atoms with Crippen LogP contribution in [0.3, 0.4) is 0 Å². The van der Waals surface area contributed by atoms with Crippen molar-refractivity contribution >= 4 is 11.6 Å². The van der Waals surface area contributed by atoms with E-state index in [1.54, 1.807) is 0 Å². The first-order valence-corrected chi connectivity index (χ1v) is 8.70. The summed E-state index contributed by atoms with van der Waals surface area (Å²) in [5.41, 5.74) is -0.500. The van der Waals surface area contributed by atoms with Gasteiger partial charge in [0.25, 0.3) is 5.91 Å². The van der Waals surface area contributed by atoms with E-state index in [4.69, 9.17) is 0 Å². The molecule has 0 spiro atoms. The van der Waals surface area contributed by atoms with Crippen molar-refractivity contribution in [3.63, 3.8) is 0 Å². The number of piperidine rings is 1. The van der Waals surface area contributed by atoms with Gasteiger partial charge in [-0.3, -0.25) is 9.20 Å². The average molecular weight is 374 g/mol. The number of fused-ring (bicyclic) bond motifs is 1. The van der Waals surface area contributed by atoms with E-state index in [2.05, 4.69) is 10.2 Å². The number of halogens is 3. The van der Waals surface area contributed by atoms with Gasteiger partial charge >= 0.3 is 6.18 Å². The number of likely N-dealkylation sites (tertiary alicyclic amines) is 1. The molecule has 4 rings (SSSR count). The third-order valence-electron chi connectivity index (χ3n) is 4.88. The fourth-order valence-corrected chi connectivity index (χ4v) is 3.60. The van der Waals surface area contributed by atoms with E-state index in [9.17, 15) is 18.0 Å². The maximum absolute atomic E-state index is 13.3. The lowest BCUT2D eigenvalue weighted by Crippen LogP contribution is -2.40. The highest BCUT2D eigenvalue weighted by molar-refractivity contribution is 5.96. The molecule has 3 aromatic rings. The summed E-state index contributed by atoms with van der Waals surface area (Å²) < 4.78 is 41.6. The number of amides is 1. The van der Waals surface area contributed by atoms with Crippen LogP contribution in [0.5, 0.6) is 0 Å². The number of alkyl halides is 3. The fourth-order valence-electron chi connectivity index (χ4n) is 3.60. The summed E-state index contributed by atoms with van der Waals surface area (Å²) in [7, 11) is 0. The second-order valence-electron chi connectivity index (χ2n) is 6.62. The van der Waals surface area contributed by atoms with Crippen molar-refractivity contribution in [1.29, 1.82) is 0 Å². The van der Waals surface area contributed by atoms with E-state index in [0.29, 0.717) is 25.2 Å². The standard InChI is InChI=1S/C19H17F3N4O/c20-19(21,22)15-8-2-1-7-14(15)18(27)25-10-5-6-13(12-25)17-24-23-16-9-3-4-11-26(16)17/h1-4,7-9,11,13H,5-6,10,12H2. The van der Waals surface area contributed by atoms with Gasteiger partial charge in [0.05, 0.1) is 11.1 Å². The van der Waals surface area contributed by atoms with Crippen molar-refractivity contribution in [2.45, 2.75) is 24.9 Å². The fraction of sp³-hybridized carbons (Fsp3) is 0.316. The van der Waals surface area contributed by atoms with Crippen LogP contribution in [0.4, 0.5) is 13.2 Å². The second-order valence-corrected chi connectivity index (χ2v) is 6.62. The van der Waals surface area contributed by atoms with Crippen molar-refractivity contribution in [3.8, 4) is 0 Å². The van der Waals surface area contributed by atoms with Crippen molar-refractivity contribution in [1.82, 2.24) is 19.5 Å². The van der Waals surface area contributed by atoms with Gasteiger partial charge in [-0.05, 0) is 37.1 Å². The van der Waals surface area contributed by atoms with Crippen LogP contribution in [-0.4, -0.2) is 38.5 Å². The number of aromatic nitrogens is 3. The van der Waals surface area contributed by atoms with Crippen LogP contribution in [0.2, 0.25) is 0 Å². The Morgan fingerprint density at radius 3 is 2.67 bits per heavy atom. The topological polar surface area (TPSA) is 50.5 Å². The van der Waals surface area contributed by atoms with E-state index >= 15 is 0 Å². The predicted molar refractivity (Wildman–Crippen MR) is 92.3 cm³/mol. The Bertz CT molecular complexity index is 982. The zero-order valence-electron chi connectivity index (χ0n) is 14.4. The maximum atomic E-state index is 13.3. The number of carbonyl (C=O) groups is 1. The van der Waals surface area contributed by atoms with Crippen LogP contribution in [0.1, 0.15) is 40.5 Å². The molecular formula is C19H17F3N4O. The Balaban J connectivity index is 1.62. The SMILES string of the molecule is O=C(c1ccccc1C(F)(F)F)N1CCCC(c2nnc3ccccn23)C1. The molecule has 0 aliphatic carbocycles. The van der Waals surface area contributed by atoms with Crippen LogP contribution in [0.15, 0.2) is 48.7 Å². The second kappa shape index (κ2) is 6.68. The van der Waals surface area contributed by atoms with E-state index in [1.165, 1.54) is 23.1 Å². The Hall–Kier alpha value is -2.90. The molecule has 1 aromatic carbocycles. The molecule has 3 heterocycles. The number of carbonyl (C=O) groups excluding carboxylic acids is 1. The highest BCUT2D eigenvalue weighted by Gasteiger charge is 2.37. The van der Waals surface area contributed by atoms with Gasteiger partial charge in [0.15, 0.2) is 5.65 Å². The van der Waals surface area contributed by atoms with E-state index in [0.717, 1.165) is 18.3 Å². The molecule has 1 amide bonds. The largest absolute Gasteiger partial charge is 0.417 e. The third-order valence-corrected chi connectivity index (χ3v) is 4.88. The minimum absolute atomic E-state index is 0.0712. The van der Waals surface area contributed by atoms with E-state index < -0.39 is 17.6 Å². The summed E-state index contributed by atoms with van der Waals surface area (Å²) in [6.07, 6.45) is -1.21. The lowest BCUT2D eigenvalue weighted by Gasteiger charge is -2.32. The molecule has 0 N–H and O–H groups in total. The van der Waals surface area contributed by atoms with Crippen molar-refractivity contribution in [2.24, 2.45) is 0 Å². The lowest BCUT2D eigenvalue weighted by molar-refractivity contribution is -0.138. The summed E-state index contributed by atoms with van der Waals surface area (Å²) in [4.78, 5) is 14.3. The van der Waals surface area contributed by atoms with Crippen LogP contribution in [0.25, 0.3) is 5.65 Å². The predicted octanol–water partition coefficient (Wildman–Crippen LogP) is 3.77. The molecule has 0 saturated carbocycles. The Kier molecular flexibility index (Phi) is 4.33. The number of hydrogen-bond acceptors (Lipinski definition) is 3. The first-order valence-electron chi connectivity index (χ1n) is 8.70. The summed E-state index contributed by atoms with van der Waals surface area (Å²) in [6.45, 7) is 0.749. The Labute approximate surface area is 153 Å². The molecular weight excluding hydrogens is 357 g/mol. The molecule has 5 nitrogen and oxygen atoms in total. The first-order chi connectivity index (χ1) is 12.9. The smallest absolute Gasteiger partial charge is 0.338 e. The maximum Gasteiger partial charge on any atom is 0.417 e. The highest BCUT2D eigenvalue weighted by atomic mass is 19.4. The molecule has 8 heteroatoms. The first kappa shape index (κ1) is 17.5. The zero-order chi connectivity index (χ0) is 19.0. The lowest BCUT2D eigenvalue weighted by atomic mass is 9.96. The minimum Gasteiger partial charge on any atom is -0.338 e. The van der Waals surface area contributed by atoms with Gasteiger partial charge in [0.2, 0.25) is 0 Å². The summed E-state index contributed by atoms with van der Waals surface area (Å²) in [5, 5.41) is 8.37. The number of pyridine rings is 1. The van der Waals surface area contributed by atoms with Gasteiger partial charge in [-0.2, -0.15) is 13.2 Å². The van der Waals surface area contributed by atoms with Crippen LogP contribution in [0, 0.1) is 0 Å². The quantitative estimate of drug-likeness (QED) is 0.686. The number of nitrogens with zero attached hydrogens (tertiary/aromatic N) is 4. The van der Waals surface area contributed by atoms with E-state index in [1.807, 2.05) is 28.8 Å². The number of rotatable bonds is 2. The molecule has 1 aliphatic heterocycles. The normalized spacial score (nSPS) is 18.0. The monoisotopic (exact) mass is 374 g/mol. The Morgan fingerprint density at radius 2 is 1.85 bits per heavy atom. The molecule has 140 valence electrons. The van der Waals surface area contributed by atoms with Crippen LogP contribution < -0.4 is 0 Å². The van der Waals surface area contributed by atoms with E-state index in [-0.39, 0.29) is 11.5 Å². The average Bonchev–Trinajstić information content (AvgIpc) is 3.11. The van der Waals surface area contributed by atoms with Crippen molar-refractivity contribution in [3.05, 3.63) is 65.6 Å². The zero-order valence-corrected chi connectivity index (χ0v) is 14.4. The van der Waals surface area contributed by atoms with Gasteiger partial charge in [0, 0.05) is 25.2 Å². The molecule has 0 bridgehead atoms. The molecule has 0 radical (unpaired) electrons. The third kappa shape index (κ3) is 3.27. The van der Waals surface area contributed by atoms with Gasteiger partial charge in [-0.15, -0.1) is 10.2 Å². The molecule has 1 atom stereocenters. The molecule has 1 aliphatic rings. The van der Waals surface area contributed by atoms with Crippen LogP contribution >= 0.6 is 0 Å². The molecule has 1 saturated heterocycles. The molecule has 27 heavy (non-hydrogen) atoms. The number of benzene rings is 1. The van der Waals surface area contributed by atoms with Gasteiger partial charge < -0.3 is 4.90 Å². The van der Waals surface area contributed by atoms with Crippen LogP contribution in [-0.2, 0) is 6.18 Å². The Morgan fingerprint density at radius 1 is 1.07 bits per heavy atom. The summed E-state index contributed by atoms with van der Waals surface area (Å²) in [6, 6.07) is 10.5.